The van der Waals surface area contributed by atoms with E-state index in [0.717, 1.165) is 109 Å². The van der Waals surface area contributed by atoms with Crippen molar-refractivity contribution >= 4 is 19.8 Å². The number of nitrogens with two attached hydrogens (primary N) is 1. The lowest BCUT2D eigenvalue weighted by Gasteiger charge is -2.19. The molecular weight excluding hydrogens is 990 g/mol. The summed E-state index contributed by atoms with van der Waals surface area (Å²) in [4.78, 5) is 35.2. The molecule has 0 rings (SSSR count). The standard InChI is InChI=1S/C68H112NO8P/c1-3-5-7-9-11-13-15-17-19-21-23-24-25-26-27-28-29-30-31-32-33-34-35-36-37-38-39-40-41-42-43-45-47-49-51-53-55-57-59-61-68(71)77-66(65-76-78(72,73)75-63-62-69)64-74-67(70)60-58-56-54-52-50-48-46-44-22-20-18-16-14-12-10-8-6-4-2/h5,7,11,13,17,19,23-24,26-27,29-30,32-33,35-36,38-39,41-42,45,47,51,53,66H,3-4,6,8-10,12,14-16,18,20-22,25,28,31,34,37,40,43-44,46,48-50,52,54-65,69H2,1-2H3,(H,72,73)/b7-5-,13-11-,19-17-,24-23-,27-26-,30-29-,33-32-,36-35-,39-38-,42-41-,47-45-,53-51-. The fourth-order valence-electron chi connectivity index (χ4n) is 7.97. The lowest BCUT2D eigenvalue weighted by Crippen LogP contribution is -2.29. The van der Waals surface area contributed by atoms with Crippen LogP contribution in [0.1, 0.15) is 239 Å². The van der Waals surface area contributed by atoms with Crippen LogP contribution in [0.2, 0.25) is 0 Å². The van der Waals surface area contributed by atoms with Gasteiger partial charge < -0.3 is 20.1 Å². The number of unbranched alkanes of at least 4 members (excludes halogenated alkanes) is 19. The van der Waals surface area contributed by atoms with Gasteiger partial charge in [-0.1, -0.05) is 269 Å². The molecule has 0 saturated carbocycles. The average Bonchev–Trinajstić information content (AvgIpc) is 3.43. The van der Waals surface area contributed by atoms with Crippen LogP contribution in [0.4, 0.5) is 0 Å². The monoisotopic (exact) mass is 1100 g/mol. The van der Waals surface area contributed by atoms with Gasteiger partial charge in [-0.05, 0) is 103 Å². The SMILES string of the molecule is CC/C=C\C/C=C\C/C=C\C/C=C\C/C=C\C/C=C\C/C=C\C/C=C\C/C=C\C/C=C\C/C=C\C/C=C\CCCCC(=O)OC(COC(=O)CCCCCCCCCCCCCCCCCCCC)COP(=O)(O)OCCN. The predicted molar refractivity (Wildman–Crippen MR) is 334 cm³/mol. The maximum atomic E-state index is 12.7. The van der Waals surface area contributed by atoms with Crippen LogP contribution >= 0.6 is 7.82 Å². The molecule has 0 aliphatic rings. The Morgan fingerprint density at radius 2 is 0.705 bits per heavy atom. The maximum absolute atomic E-state index is 12.7. The number of phosphoric ester groups is 1. The third kappa shape index (κ3) is 61.1. The van der Waals surface area contributed by atoms with E-state index in [-0.39, 0.29) is 32.6 Å². The Kier molecular flexibility index (Phi) is 58.8. The van der Waals surface area contributed by atoms with E-state index in [1.54, 1.807) is 0 Å². The molecule has 0 aromatic heterocycles. The summed E-state index contributed by atoms with van der Waals surface area (Å²) in [7, 11) is -4.41. The van der Waals surface area contributed by atoms with Gasteiger partial charge in [0.05, 0.1) is 13.2 Å². The van der Waals surface area contributed by atoms with E-state index < -0.39 is 32.5 Å². The van der Waals surface area contributed by atoms with E-state index in [2.05, 4.69) is 160 Å². The summed E-state index contributed by atoms with van der Waals surface area (Å²) in [6.07, 6.45) is 89.2. The molecule has 0 bridgehead atoms. The van der Waals surface area contributed by atoms with Gasteiger partial charge in [0, 0.05) is 19.4 Å². The molecule has 2 unspecified atom stereocenters. The number of esters is 2. The molecule has 0 aromatic carbocycles. The summed E-state index contributed by atoms with van der Waals surface area (Å²) >= 11 is 0. The van der Waals surface area contributed by atoms with Crippen molar-refractivity contribution in [1.82, 2.24) is 0 Å². The number of phosphoric acid groups is 1. The fourth-order valence-corrected chi connectivity index (χ4v) is 8.74. The van der Waals surface area contributed by atoms with Crippen LogP contribution in [0.15, 0.2) is 146 Å². The van der Waals surface area contributed by atoms with Gasteiger partial charge in [0.15, 0.2) is 6.10 Å². The summed E-state index contributed by atoms with van der Waals surface area (Å²) in [5.41, 5.74) is 5.38. The molecule has 9 nitrogen and oxygen atoms in total. The summed E-state index contributed by atoms with van der Waals surface area (Å²) in [6.45, 7) is 3.58. The molecule has 0 aliphatic carbocycles. The largest absolute Gasteiger partial charge is 0.472 e. The van der Waals surface area contributed by atoms with E-state index in [0.29, 0.717) is 6.42 Å². The molecular formula is C68H112NO8P. The highest BCUT2D eigenvalue weighted by atomic mass is 31.2. The van der Waals surface area contributed by atoms with Crippen molar-refractivity contribution in [2.75, 3.05) is 26.4 Å². The minimum atomic E-state index is -4.41. The zero-order valence-corrected chi connectivity index (χ0v) is 50.2. The van der Waals surface area contributed by atoms with Crippen molar-refractivity contribution in [3.63, 3.8) is 0 Å². The fraction of sp³-hybridized carbons (Fsp3) is 0.618. The van der Waals surface area contributed by atoms with E-state index in [9.17, 15) is 19.0 Å². The third-order valence-electron chi connectivity index (χ3n) is 12.5. The first-order chi connectivity index (χ1) is 38.3. The quantitative estimate of drug-likeness (QED) is 0.0264. The van der Waals surface area contributed by atoms with Gasteiger partial charge in [0.25, 0.3) is 0 Å². The van der Waals surface area contributed by atoms with Crippen LogP contribution in [0.3, 0.4) is 0 Å². The minimum absolute atomic E-state index is 0.0399. The van der Waals surface area contributed by atoms with Crippen molar-refractivity contribution in [2.45, 2.75) is 245 Å². The lowest BCUT2D eigenvalue weighted by atomic mass is 10.0. The molecule has 0 amide bonds. The first-order valence-electron chi connectivity index (χ1n) is 30.8. The smallest absolute Gasteiger partial charge is 0.462 e. The lowest BCUT2D eigenvalue weighted by molar-refractivity contribution is -0.161. The molecule has 442 valence electrons. The van der Waals surface area contributed by atoms with Crippen molar-refractivity contribution in [2.24, 2.45) is 5.73 Å². The second kappa shape index (κ2) is 62.1. The van der Waals surface area contributed by atoms with E-state index in [4.69, 9.17) is 24.3 Å². The second-order valence-electron chi connectivity index (χ2n) is 19.8. The summed E-state index contributed by atoms with van der Waals surface area (Å²) < 4.78 is 33.0. The second-order valence-corrected chi connectivity index (χ2v) is 21.3. The Labute approximate surface area is 477 Å². The van der Waals surface area contributed by atoms with Gasteiger partial charge in [0.2, 0.25) is 0 Å². The van der Waals surface area contributed by atoms with Gasteiger partial charge in [-0.2, -0.15) is 0 Å². The van der Waals surface area contributed by atoms with Crippen molar-refractivity contribution < 1.29 is 37.6 Å². The van der Waals surface area contributed by atoms with Crippen LogP contribution in [0, 0.1) is 0 Å². The highest BCUT2D eigenvalue weighted by Gasteiger charge is 2.26. The van der Waals surface area contributed by atoms with E-state index >= 15 is 0 Å². The summed E-state index contributed by atoms with van der Waals surface area (Å²) in [5.74, 6) is -0.883. The van der Waals surface area contributed by atoms with Gasteiger partial charge in [0.1, 0.15) is 6.61 Å². The highest BCUT2D eigenvalue weighted by Crippen LogP contribution is 2.43. The molecule has 3 N–H and O–H groups in total. The number of hydrogen-bond acceptors (Lipinski definition) is 8. The van der Waals surface area contributed by atoms with Crippen molar-refractivity contribution in [1.29, 1.82) is 0 Å². The number of rotatable bonds is 56. The minimum Gasteiger partial charge on any atom is -0.462 e. The van der Waals surface area contributed by atoms with E-state index in [1.165, 1.54) is 96.3 Å². The molecule has 78 heavy (non-hydrogen) atoms. The number of carbonyl (C=O) groups excluding carboxylic acids is 2. The number of carbonyl (C=O) groups is 2. The first kappa shape index (κ1) is 73.9. The molecule has 0 radical (unpaired) electrons. The van der Waals surface area contributed by atoms with Crippen LogP contribution in [0.25, 0.3) is 0 Å². The van der Waals surface area contributed by atoms with Crippen LogP contribution in [-0.4, -0.2) is 49.3 Å². The average molecular weight is 1100 g/mol. The van der Waals surface area contributed by atoms with Gasteiger partial charge in [-0.15, -0.1) is 0 Å². The topological polar surface area (TPSA) is 134 Å². The zero-order chi connectivity index (χ0) is 56.6. The molecule has 0 fully saturated rings. The Morgan fingerprint density at radius 1 is 0.397 bits per heavy atom. The number of allylic oxidation sites excluding steroid dienone is 24. The molecule has 2 atom stereocenters. The Bertz CT molecular complexity index is 1780. The Hall–Kier alpha value is -4.11. The van der Waals surface area contributed by atoms with Crippen LogP contribution in [0.5, 0.6) is 0 Å². The van der Waals surface area contributed by atoms with Crippen LogP contribution in [-0.2, 0) is 32.7 Å². The van der Waals surface area contributed by atoms with Crippen LogP contribution < -0.4 is 5.73 Å². The normalized spacial score (nSPS) is 14.1. The molecule has 0 spiro atoms. The highest BCUT2D eigenvalue weighted by molar-refractivity contribution is 7.47. The molecule has 10 heteroatoms. The molecule has 0 aromatic rings. The van der Waals surface area contributed by atoms with Crippen molar-refractivity contribution in [3.05, 3.63) is 146 Å². The van der Waals surface area contributed by atoms with E-state index in [1.807, 2.05) is 0 Å². The predicted octanol–water partition coefficient (Wildman–Crippen LogP) is 19.9. The Morgan fingerprint density at radius 3 is 1.05 bits per heavy atom. The van der Waals surface area contributed by atoms with Crippen molar-refractivity contribution in [3.8, 4) is 0 Å². The summed E-state index contributed by atoms with van der Waals surface area (Å²) in [6, 6.07) is 0. The Balaban J connectivity index is 4.09. The molecule has 0 heterocycles. The number of hydrogen-bond donors (Lipinski definition) is 2. The van der Waals surface area contributed by atoms with Gasteiger partial charge in [-0.3, -0.25) is 18.6 Å². The number of ether oxygens (including phenoxy) is 2. The van der Waals surface area contributed by atoms with Gasteiger partial charge >= 0.3 is 19.8 Å². The maximum Gasteiger partial charge on any atom is 0.472 e. The summed E-state index contributed by atoms with van der Waals surface area (Å²) in [5, 5.41) is 0. The third-order valence-corrected chi connectivity index (χ3v) is 13.5. The van der Waals surface area contributed by atoms with Gasteiger partial charge in [-0.25, -0.2) is 4.57 Å². The molecule has 0 saturated heterocycles. The first-order valence-corrected chi connectivity index (χ1v) is 32.3. The molecule has 0 aliphatic heterocycles. The zero-order valence-electron chi connectivity index (χ0n) is 49.3.